The average molecular weight is 353 g/mol. The summed E-state index contributed by atoms with van der Waals surface area (Å²) in [6, 6.07) is 0. The van der Waals surface area contributed by atoms with Gasteiger partial charge in [0.1, 0.15) is 4.90 Å². The summed E-state index contributed by atoms with van der Waals surface area (Å²) in [6.45, 7) is 7.06. The van der Waals surface area contributed by atoms with Crippen LogP contribution in [0.5, 0.6) is 0 Å². The Hall–Kier alpha value is -1.18. The quantitative estimate of drug-likeness (QED) is 0.780. The molecular formula is C17H27N3O3S. The molecule has 134 valence electrons. The van der Waals surface area contributed by atoms with E-state index in [4.69, 9.17) is 4.74 Å². The van der Waals surface area contributed by atoms with Gasteiger partial charge in [-0.1, -0.05) is 19.1 Å². The van der Waals surface area contributed by atoms with E-state index in [1.165, 1.54) is 0 Å². The summed E-state index contributed by atoms with van der Waals surface area (Å²) in [6.07, 6.45) is 9.52. The van der Waals surface area contributed by atoms with Gasteiger partial charge in [0.2, 0.25) is 10.0 Å². The van der Waals surface area contributed by atoms with Crippen LogP contribution in [0.3, 0.4) is 0 Å². The first-order chi connectivity index (χ1) is 11.5. The maximum Gasteiger partial charge on any atom is 0.246 e. The van der Waals surface area contributed by atoms with Gasteiger partial charge in [-0.05, 0) is 38.0 Å². The lowest BCUT2D eigenvalue weighted by atomic mass is 9.77. The summed E-state index contributed by atoms with van der Waals surface area (Å²) >= 11 is 0. The second-order valence-electron chi connectivity index (χ2n) is 6.94. The first-order valence-electron chi connectivity index (χ1n) is 8.74. The summed E-state index contributed by atoms with van der Waals surface area (Å²) < 4.78 is 35.0. The van der Waals surface area contributed by atoms with Crippen LogP contribution in [0, 0.1) is 12.3 Å². The molecule has 7 heteroatoms. The lowest BCUT2D eigenvalue weighted by molar-refractivity contribution is 0.0323. The predicted molar refractivity (Wildman–Crippen MR) is 92.3 cm³/mol. The number of sulfonamides is 1. The largest absolute Gasteiger partial charge is 0.377 e. The van der Waals surface area contributed by atoms with Crippen molar-refractivity contribution >= 4 is 10.0 Å². The standard InChI is InChI=1S/C17H27N3O3S/c1-3-9-19-13-16(15(2)18-19)24(21,22)20-10-7-17(8-11-20)6-4-5-12-23-14-17/h4-5,13H,3,6-12,14H2,1-2H3. The van der Waals surface area contributed by atoms with Gasteiger partial charge in [-0.25, -0.2) is 8.42 Å². The molecule has 0 aromatic carbocycles. The Bertz CT molecular complexity index is 701. The Balaban J connectivity index is 1.74. The van der Waals surface area contributed by atoms with E-state index >= 15 is 0 Å². The number of rotatable bonds is 4. The monoisotopic (exact) mass is 353 g/mol. The van der Waals surface area contributed by atoms with Crippen LogP contribution in [0.4, 0.5) is 0 Å². The van der Waals surface area contributed by atoms with Crippen molar-refractivity contribution in [3.8, 4) is 0 Å². The van der Waals surface area contributed by atoms with Crippen LogP contribution in [-0.4, -0.2) is 48.8 Å². The molecule has 0 saturated carbocycles. The third-order valence-electron chi connectivity index (χ3n) is 5.09. The minimum absolute atomic E-state index is 0.0977. The smallest absolute Gasteiger partial charge is 0.246 e. The molecule has 24 heavy (non-hydrogen) atoms. The van der Waals surface area contributed by atoms with Gasteiger partial charge < -0.3 is 4.74 Å². The van der Waals surface area contributed by atoms with E-state index in [9.17, 15) is 8.42 Å². The molecule has 2 aliphatic heterocycles. The van der Waals surface area contributed by atoms with Gasteiger partial charge in [0.25, 0.3) is 0 Å². The third kappa shape index (κ3) is 3.43. The van der Waals surface area contributed by atoms with Gasteiger partial charge in [0.05, 0.1) is 18.9 Å². The highest BCUT2D eigenvalue weighted by molar-refractivity contribution is 7.89. The fourth-order valence-corrected chi connectivity index (χ4v) is 5.20. The van der Waals surface area contributed by atoms with E-state index in [-0.39, 0.29) is 5.41 Å². The third-order valence-corrected chi connectivity index (χ3v) is 7.10. The molecule has 2 aliphatic rings. The minimum atomic E-state index is -3.46. The number of hydrogen-bond acceptors (Lipinski definition) is 4. The molecule has 1 aromatic rings. The van der Waals surface area contributed by atoms with E-state index in [1.807, 2.05) is 0 Å². The van der Waals surface area contributed by atoms with Crippen molar-refractivity contribution in [1.29, 1.82) is 0 Å². The summed E-state index contributed by atoms with van der Waals surface area (Å²) in [4.78, 5) is 0.351. The Kier molecular flexibility index (Phi) is 5.13. The van der Waals surface area contributed by atoms with E-state index in [0.717, 1.165) is 38.8 Å². The highest BCUT2D eigenvalue weighted by atomic mass is 32.2. The molecule has 3 rings (SSSR count). The maximum atomic E-state index is 13.0. The van der Waals surface area contributed by atoms with Gasteiger partial charge in [-0.2, -0.15) is 9.40 Å². The molecule has 0 amide bonds. The fourth-order valence-electron chi connectivity index (χ4n) is 3.59. The first kappa shape index (κ1) is 17.6. The number of aryl methyl sites for hydroxylation is 2. The second kappa shape index (κ2) is 6.98. The highest BCUT2D eigenvalue weighted by Gasteiger charge is 2.39. The molecule has 3 heterocycles. The van der Waals surface area contributed by atoms with Crippen molar-refractivity contribution < 1.29 is 13.2 Å². The molecule has 6 nitrogen and oxygen atoms in total. The summed E-state index contributed by atoms with van der Waals surface area (Å²) in [7, 11) is -3.46. The summed E-state index contributed by atoms with van der Waals surface area (Å²) in [5.74, 6) is 0. The average Bonchev–Trinajstić information content (AvgIpc) is 2.78. The normalized spacial score (nSPS) is 21.9. The number of nitrogens with zero attached hydrogens (tertiary/aromatic N) is 3. The molecule has 1 aromatic heterocycles. The number of aromatic nitrogens is 2. The van der Waals surface area contributed by atoms with Crippen LogP contribution >= 0.6 is 0 Å². The van der Waals surface area contributed by atoms with E-state index in [2.05, 4.69) is 24.2 Å². The van der Waals surface area contributed by atoms with Crippen LogP contribution in [0.15, 0.2) is 23.2 Å². The van der Waals surface area contributed by atoms with Gasteiger partial charge in [0.15, 0.2) is 0 Å². The van der Waals surface area contributed by atoms with Gasteiger partial charge in [-0.3, -0.25) is 4.68 Å². The molecule has 0 bridgehead atoms. The van der Waals surface area contributed by atoms with Crippen molar-refractivity contribution in [2.45, 2.75) is 51.0 Å². The van der Waals surface area contributed by atoms with Gasteiger partial charge in [-0.15, -0.1) is 0 Å². The Labute approximate surface area is 144 Å². The van der Waals surface area contributed by atoms with E-state index in [0.29, 0.717) is 30.3 Å². The lowest BCUT2D eigenvalue weighted by Crippen LogP contribution is -2.44. The zero-order valence-electron chi connectivity index (χ0n) is 14.6. The lowest BCUT2D eigenvalue weighted by Gasteiger charge is -2.40. The Morgan fingerprint density at radius 1 is 1.29 bits per heavy atom. The fraction of sp³-hybridized carbons (Fsp3) is 0.706. The molecular weight excluding hydrogens is 326 g/mol. The maximum absolute atomic E-state index is 13.0. The van der Waals surface area contributed by atoms with Crippen molar-refractivity contribution in [3.63, 3.8) is 0 Å². The van der Waals surface area contributed by atoms with Crippen LogP contribution in [-0.2, 0) is 21.3 Å². The number of ether oxygens (including phenoxy) is 1. The van der Waals surface area contributed by atoms with E-state index in [1.54, 1.807) is 22.1 Å². The minimum Gasteiger partial charge on any atom is -0.377 e. The molecule has 1 spiro atoms. The summed E-state index contributed by atoms with van der Waals surface area (Å²) in [5, 5.41) is 4.34. The summed E-state index contributed by atoms with van der Waals surface area (Å²) in [5.41, 5.74) is 0.685. The van der Waals surface area contributed by atoms with Crippen LogP contribution in [0.1, 0.15) is 38.3 Å². The highest BCUT2D eigenvalue weighted by Crippen LogP contribution is 2.38. The molecule has 0 unspecified atom stereocenters. The number of piperidine rings is 1. The topological polar surface area (TPSA) is 64.4 Å². The van der Waals surface area contributed by atoms with Crippen molar-refractivity contribution in [2.75, 3.05) is 26.3 Å². The van der Waals surface area contributed by atoms with Crippen molar-refractivity contribution in [2.24, 2.45) is 5.41 Å². The number of allylic oxidation sites excluding steroid dienone is 1. The SMILES string of the molecule is CCCn1cc(S(=O)(=O)N2CCC3(CC=CCOC3)CC2)c(C)n1. The van der Waals surface area contributed by atoms with Crippen molar-refractivity contribution in [3.05, 3.63) is 24.0 Å². The van der Waals surface area contributed by atoms with Crippen LogP contribution < -0.4 is 0 Å². The van der Waals surface area contributed by atoms with Crippen LogP contribution in [0.2, 0.25) is 0 Å². The molecule has 1 saturated heterocycles. The van der Waals surface area contributed by atoms with Gasteiger partial charge in [0, 0.05) is 25.8 Å². The second-order valence-corrected chi connectivity index (χ2v) is 8.84. The van der Waals surface area contributed by atoms with Gasteiger partial charge >= 0.3 is 0 Å². The first-order valence-corrected chi connectivity index (χ1v) is 10.2. The Morgan fingerprint density at radius 2 is 2.04 bits per heavy atom. The van der Waals surface area contributed by atoms with Crippen molar-refractivity contribution in [1.82, 2.24) is 14.1 Å². The van der Waals surface area contributed by atoms with Crippen LogP contribution in [0.25, 0.3) is 0 Å². The Morgan fingerprint density at radius 3 is 2.75 bits per heavy atom. The molecule has 0 aliphatic carbocycles. The molecule has 0 N–H and O–H groups in total. The molecule has 0 radical (unpaired) electrons. The zero-order chi connectivity index (χ0) is 17.2. The predicted octanol–water partition coefficient (Wildman–Crippen LogP) is 2.35. The molecule has 1 fully saturated rings. The van der Waals surface area contributed by atoms with E-state index < -0.39 is 10.0 Å². The molecule has 0 atom stereocenters. The zero-order valence-corrected chi connectivity index (χ0v) is 15.4. The number of hydrogen-bond donors (Lipinski definition) is 0.